The highest BCUT2D eigenvalue weighted by Gasteiger charge is 2.39. The Morgan fingerprint density at radius 3 is 2.52 bits per heavy atom. The van der Waals surface area contributed by atoms with Crippen LogP contribution in [0.4, 0.5) is 0 Å². The number of piperidine rings is 1. The largest absolute Gasteiger partial charge is 0.378 e. The number of morpholine rings is 1. The van der Waals surface area contributed by atoms with Crippen molar-refractivity contribution in [1.29, 1.82) is 0 Å². The number of ketones is 1. The van der Waals surface area contributed by atoms with Crippen LogP contribution in [-0.4, -0.2) is 43.0 Å². The van der Waals surface area contributed by atoms with Crippen molar-refractivity contribution in [1.82, 2.24) is 4.90 Å². The molecule has 23 heavy (non-hydrogen) atoms. The van der Waals surface area contributed by atoms with Crippen molar-refractivity contribution in [3.05, 3.63) is 48.0 Å². The second kappa shape index (κ2) is 6.06. The van der Waals surface area contributed by atoms with Crippen molar-refractivity contribution in [2.45, 2.75) is 31.3 Å². The quantitative estimate of drug-likeness (QED) is 0.873. The molecule has 3 nitrogen and oxygen atoms in total. The fourth-order valence-corrected chi connectivity index (χ4v) is 4.05. The smallest absolute Gasteiger partial charge is 0.140 e. The van der Waals surface area contributed by atoms with Gasteiger partial charge in [0.2, 0.25) is 0 Å². The third-order valence-electron chi connectivity index (χ3n) is 5.53. The highest BCUT2D eigenvalue weighted by atomic mass is 16.5. The van der Waals surface area contributed by atoms with Crippen molar-refractivity contribution in [3.8, 4) is 0 Å². The standard InChI is InChI=1S/C20H23NO2/c1-21-18-10-17(11-19(21)13-23-12-18)20(22)9-14-6-7-15-4-2-3-5-16(15)8-14/h2-8,17-19H,9-13H2,1H3. The molecule has 0 aliphatic carbocycles. The van der Waals surface area contributed by atoms with Gasteiger partial charge in [-0.2, -0.15) is 0 Å². The number of carbonyl (C=O) groups excluding carboxylic acids is 1. The van der Waals surface area contributed by atoms with Crippen LogP contribution >= 0.6 is 0 Å². The highest BCUT2D eigenvalue weighted by molar-refractivity contribution is 5.87. The van der Waals surface area contributed by atoms with Gasteiger partial charge in [0.1, 0.15) is 5.78 Å². The van der Waals surface area contributed by atoms with Gasteiger partial charge in [-0.05, 0) is 36.2 Å². The van der Waals surface area contributed by atoms with Gasteiger partial charge < -0.3 is 4.74 Å². The summed E-state index contributed by atoms with van der Waals surface area (Å²) in [5.41, 5.74) is 1.13. The van der Waals surface area contributed by atoms with Crippen molar-refractivity contribution >= 4 is 16.6 Å². The van der Waals surface area contributed by atoms with E-state index in [-0.39, 0.29) is 5.92 Å². The van der Waals surface area contributed by atoms with Gasteiger partial charge in [-0.1, -0.05) is 42.5 Å². The molecule has 2 aromatic carbocycles. The normalized spacial score (nSPS) is 28.0. The second-order valence-electron chi connectivity index (χ2n) is 7.00. The van der Waals surface area contributed by atoms with E-state index in [0.29, 0.717) is 24.3 Å². The Kier molecular flexibility index (Phi) is 3.92. The van der Waals surface area contributed by atoms with Crippen LogP contribution < -0.4 is 0 Å². The van der Waals surface area contributed by atoms with Gasteiger partial charge in [0.05, 0.1) is 13.2 Å². The molecule has 2 fully saturated rings. The lowest BCUT2D eigenvalue weighted by Gasteiger charge is -2.46. The maximum absolute atomic E-state index is 12.8. The van der Waals surface area contributed by atoms with Crippen LogP contribution in [0.3, 0.4) is 0 Å². The number of hydrogen-bond acceptors (Lipinski definition) is 3. The van der Waals surface area contributed by atoms with Crippen LogP contribution in [0.15, 0.2) is 42.5 Å². The Morgan fingerprint density at radius 1 is 1.09 bits per heavy atom. The predicted octanol–water partition coefficient (Wildman–Crippen LogP) is 3.06. The van der Waals surface area contributed by atoms with Crippen LogP contribution in [0.1, 0.15) is 18.4 Å². The van der Waals surface area contributed by atoms with Gasteiger partial charge in [-0.25, -0.2) is 0 Å². The summed E-state index contributed by atoms with van der Waals surface area (Å²) in [6, 6.07) is 15.5. The maximum Gasteiger partial charge on any atom is 0.140 e. The maximum atomic E-state index is 12.8. The van der Waals surface area contributed by atoms with Gasteiger partial charge in [0.15, 0.2) is 0 Å². The molecule has 0 radical (unpaired) electrons. The zero-order chi connectivity index (χ0) is 15.8. The van der Waals surface area contributed by atoms with Crippen LogP contribution in [0.5, 0.6) is 0 Å². The first kappa shape index (κ1) is 14.9. The molecule has 4 rings (SSSR count). The van der Waals surface area contributed by atoms with E-state index in [4.69, 9.17) is 4.74 Å². The Bertz CT molecular complexity index is 712. The van der Waals surface area contributed by atoms with Crippen molar-refractivity contribution in [2.24, 2.45) is 5.92 Å². The number of benzene rings is 2. The monoisotopic (exact) mass is 309 g/mol. The fraction of sp³-hybridized carbons (Fsp3) is 0.450. The molecule has 2 saturated heterocycles. The molecule has 0 saturated carbocycles. The topological polar surface area (TPSA) is 29.5 Å². The molecule has 0 amide bonds. The summed E-state index contributed by atoms with van der Waals surface area (Å²) in [5.74, 6) is 0.585. The number of carbonyl (C=O) groups is 1. The molecule has 2 heterocycles. The molecule has 2 atom stereocenters. The van der Waals surface area contributed by atoms with Gasteiger partial charge in [-0.3, -0.25) is 9.69 Å². The van der Waals surface area contributed by atoms with E-state index >= 15 is 0 Å². The van der Waals surface area contributed by atoms with Gasteiger partial charge in [-0.15, -0.1) is 0 Å². The Morgan fingerprint density at radius 2 is 1.78 bits per heavy atom. The SMILES string of the molecule is CN1C2COCC1CC(C(=O)Cc1ccc3ccccc3c1)C2. The number of likely N-dealkylation sites (N-methyl/N-ethyl adjacent to an activating group) is 1. The van der Waals surface area contributed by atoms with Gasteiger partial charge >= 0.3 is 0 Å². The minimum atomic E-state index is 0.191. The number of nitrogens with zero attached hydrogens (tertiary/aromatic N) is 1. The highest BCUT2D eigenvalue weighted by Crippen LogP contribution is 2.31. The average Bonchev–Trinajstić information content (AvgIpc) is 2.54. The molecule has 0 spiro atoms. The molecular formula is C20H23NO2. The zero-order valence-corrected chi connectivity index (χ0v) is 13.6. The van der Waals surface area contributed by atoms with Gasteiger partial charge in [0.25, 0.3) is 0 Å². The summed E-state index contributed by atoms with van der Waals surface area (Å²) in [5, 5.41) is 2.45. The van der Waals surface area contributed by atoms with Crippen molar-refractivity contribution < 1.29 is 9.53 Å². The molecule has 0 N–H and O–H groups in total. The summed E-state index contributed by atoms with van der Waals surface area (Å²) in [6.45, 7) is 1.54. The third kappa shape index (κ3) is 2.91. The van der Waals surface area contributed by atoms with Crippen LogP contribution in [0.25, 0.3) is 10.8 Å². The number of hydrogen-bond donors (Lipinski definition) is 0. The van der Waals surface area contributed by atoms with Crippen LogP contribution in [-0.2, 0) is 16.0 Å². The fourth-order valence-electron chi connectivity index (χ4n) is 4.05. The molecule has 3 heteroatoms. The minimum Gasteiger partial charge on any atom is -0.378 e. The first-order valence-electron chi connectivity index (χ1n) is 8.51. The van der Waals surface area contributed by atoms with E-state index < -0.39 is 0 Å². The average molecular weight is 309 g/mol. The molecule has 0 aromatic heterocycles. The van der Waals surface area contributed by atoms with E-state index in [9.17, 15) is 4.79 Å². The molecule has 2 bridgehead atoms. The predicted molar refractivity (Wildman–Crippen MR) is 91.5 cm³/mol. The second-order valence-corrected chi connectivity index (χ2v) is 7.00. The van der Waals surface area contributed by atoms with Crippen LogP contribution in [0, 0.1) is 5.92 Å². The molecule has 120 valence electrons. The first-order chi connectivity index (χ1) is 11.2. The molecule has 2 aromatic rings. The van der Waals surface area contributed by atoms with Crippen molar-refractivity contribution in [3.63, 3.8) is 0 Å². The van der Waals surface area contributed by atoms with Crippen LogP contribution in [0.2, 0.25) is 0 Å². The summed E-state index contributed by atoms with van der Waals surface area (Å²) in [7, 11) is 2.17. The lowest BCUT2D eigenvalue weighted by molar-refractivity contribution is -0.130. The third-order valence-corrected chi connectivity index (χ3v) is 5.53. The lowest BCUT2D eigenvalue weighted by atomic mass is 9.81. The van der Waals surface area contributed by atoms with Crippen molar-refractivity contribution in [2.75, 3.05) is 20.3 Å². The summed E-state index contributed by atoms with van der Waals surface area (Å²) in [4.78, 5) is 15.2. The summed E-state index contributed by atoms with van der Waals surface area (Å²) < 4.78 is 5.65. The van der Waals surface area contributed by atoms with Gasteiger partial charge in [0, 0.05) is 24.4 Å². The molecular weight excluding hydrogens is 286 g/mol. The molecule has 2 aliphatic heterocycles. The zero-order valence-electron chi connectivity index (χ0n) is 13.6. The Balaban J connectivity index is 1.48. The van der Waals surface area contributed by atoms with E-state index in [1.807, 2.05) is 12.1 Å². The number of rotatable bonds is 3. The molecule has 2 unspecified atom stereocenters. The van der Waals surface area contributed by atoms with E-state index in [2.05, 4.69) is 42.3 Å². The minimum absolute atomic E-state index is 0.191. The summed E-state index contributed by atoms with van der Waals surface area (Å²) in [6.07, 6.45) is 2.44. The Hall–Kier alpha value is -1.71. The number of ether oxygens (including phenoxy) is 1. The summed E-state index contributed by atoms with van der Waals surface area (Å²) >= 11 is 0. The van der Waals surface area contributed by atoms with E-state index in [1.165, 1.54) is 10.8 Å². The Labute approximate surface area is 137 Å². The number of fused-ring (bicyclic) bond motifs is 3. The van der Waals surface area contributed by atoms with E-state index in [0.717, 1.165) is 31.6 Å². The van der Waals surface area contributed by atoms with E-state index in [1.54, 1.807) is 0 Å². The lowest BCUT2D eigenvalue weighted by Crippen LogP contribution is -2.55. The molecule has 2 aliphatic rings. The first-order valence-corrected chi connectivity index (χ1v) is 8.51. The number of Topliss-reactive ketones (excluding diaryl/α,β-unsaturated/α-hetero) is 1.